The van der Waals surface area contributed by atoms with Crippen molar-refractivity contribution >= 4 is 39.2 Å². The fourth-order valence-corrected chi connectivity index (χ4v) is 3.55. The van der Waals surface area contributed by atoms with Crippen molar-refractivity contribution in [2.75, 3.05) is 25.0 Å². The Morgan fingerprint density at radius 1 is 1.50 bits per heavy atom. The Kier molecular flexibility index (Phi) is 3.93. The number of amides is 1. The summed E-state index contributed by atoms with van der Waals surface area (Å²) in [6.45, 7) is 0.445. The van der Waals surface area contributed by atoms with Crippen molar-refractivity contribution in [2.24, 2.45) is 0 Å². The lowest BCUT2D eigenvalue weighted by molar-refractivity contribution is -0.143. The van der Waals surface area contributed by atoms with Gasteiger partial charge in [-0.1, -0.05) is 0 Å². The molecule has 0 saturated carbocycles. The van der Waals surface area contributed by atoms with Gasteiger partial charge in [0.15, 0.2) is 0 Å². The minimum absolute atomic E-state index is 0.179. The first-order valence-corrected chi connectivity index (χ1v) is 7.87. The number of nitrogens with zero attached hydrogens (tertiary/aromatic N) is 4. The van der Waals surface area contributed by atoms with Crippen LogP contribution in [0.2, 0.25) is 0 Å². The lowest BCUT2D eigenvalue weighted by atomic mass is 10.2. The molecular weight excluding hydrogens is 304 g/mol. The van der Waals surface area contributed by atoms with Gasteiger partial charge in [0, 0.05) is 13.6 Å². The predicted octanol–water partition coefficient (Wildman–Crippen LogP) is 1.20. The van der Waals surface area contributed by atoms with E-state index in [9.17, 15) is 9.59 Å². The van der Waals surface area contributed by atoms with E-state index in [1.165, 1.54) is 29.6 Å². The minimum atomic E-state index is -1.01. The number of carbonyl (C=O) groups is 2. The van der Waals surface area contributed by atoms with Crippen LogP contribution >= 0.6 is 11.3 Å². The Balaban J connectivity index is 1.88. The molecular formula is C14H16N4O3S. The standard InChI is InChI=1S/C14H16N4O3S/c1-17(7-11(19)20)14(21)10-3-2-5-18(10)12-9-4-6-22-13(9)16-8-15-12/h4,6,8,10H,2-3,5,7H2,1H3,(H,19,20). The number of aromatic nitrogens is 2. The molecule has 0 aromatic carbocycles. The normalized spacial score (nSPS) is 17.9. The number of fused-ring (bicyclic) bond motifs is 1. The first kappa shape index (κ1) is 14.7. The van der Waals surface area contributed by atoms with Gasteiger partial charge in [-0.25, -0.2) is 9.97 Å². The Bertz CT molecular complexity index is 717. The van der Waals surface area contributed by atoms with E-state index in [0.29, 0.717) is 6.42 Å². The molecule has 1 atom stereocenters. The van der Waals surface area contributed by atoms with Gasteiger partial charge in [-0.15, -0.1) is 11.3 Å². The Hall–Kier alpha value is -2.22. The molecule has 2 aromatic heterocycles. The summed E-state index contributed by atoms with van der Waals surface area (Å²) in [5.41, 5.74) is 0. The number of carbonyl (C=O) groups excluding carboxylic acids is 1. The molecule has 1 aliphatic heterocycles. The lowest BCUT2D eigenvalue weighted by Crippen LogP contribution is -2.46. The number of aliphatic carboxylic acids is 1. The maximum atomic E-state index is 12.5. The minimum Gasteiger partial charge on any atom is -0.480 e. The van der Waals surface area contributed by atoms with Gasteiger partial charge in [-0.3, -0.25) is 9.59 Å². The molecule has 0 aliphatic carbocycles. The first-order valence-electron chi connectivity index (χ1n) is 6.99. The third-order valence-corrected chi connectivity index (χ3v) is 4.62. The smallest absolute Gasteiger partial charge is 0.323 e. The van der Waals surface area contributed by atoms with Gasteiger partial charge >= 0.3 is 5.97 Å². The molecule has 1 saturated heterocycles. The van der Waals surface area contributed by atoms with Gasteiger partial charge in [-0.2, -0.15) is 0 Å². The predicted molar refractivity (Wildman–Crippen MR) is 83.1 cm³/mol. The van der Waals surface area contributed by atoms with Crippen LogP contribution in [0.15, 0.2) is 17.8 Å². The highest BCUT2D eigenvalue weighted by Crippen LogP contribution is 2.32. The molecule has 2 aromatic rings. The van der Waals surface area contributed by atoms with Crippen molar-refractivity contribution < 1.29 is 14.7 Å². The van der Waals surface area contributed by atoms with Gasteiger partial charge < -0.3 is 14.9 Å². The van der Waals surface area contributed by atoms with Crippen molar-refractivity contribution in [3.63, 3.8) is 0 Å². The summed E-state index contributed by atoms with van der Waals surface area (Å²) >= 11 is 1.53. The van der Waals surface area contributed by atoms with Gasteiger partial charge in [0.2, 0.25) is 5.91 Å². The van der Waals surface area contributed by atoms with E-state index in [1.807, 2.05) is 16.3 Å². The molecule has 1 unspecified atom stereocenters. The molecule has 0 bridgehead atoms. The van der Waals surface area contributed by atoms with E-state index in [0.717, 1.165) is 29.0 Å². The Morgan fingerprint density at radius 2 is 2.32 bits per heavy atom. The van der Waals surface area contributed by atoms with Crippen LogP contribution in [0.1, 0.15) is 12.8 Å². The number of carboxylic acid groups (broad SMARTS) is 1. The van der Waals surface area contributed by atoms with Crippen LogP contribution in [-0.4, -0.2) is 58.0 Å². The number of thiophene rings is 1. The highest BCUT2D eigenvalue weighted by molar-refractivity contribution is 7.16. The van der Waals surface area contributed by atoms with E-state index < -0.39 is 5.97 Å². The summed E-state index contributed by atoms with van der Waals surface area (Å²) in [5, 5.41) is 11.7. The number of likely N-dealkylation sites (N-methyl/N-ethyl adjacent to an activating group) is 1. The SMILES string of the molecule is CN(CC(=O)O)C(=O)C1CCCN1c1ncnc2sccc12. The second-order valence-corrected chi connectivity index (χ2v) is 6.17. The summed E-state index contributed by atoms with van der Waals surface area (Å²) in [5.74, 6) is -0.435. The van der Waals surface area contributed by atoms with Gasteiger partial charge in [0.05, 0.1) is 5.39 Å². The number of anilines is 1. The largest absolute Gasteiger partial charge is 0.480 e. The van der Waals surface area contributed by atoms with Crippen LogP contribution in [0, 0.1) is 0 Å². The molecule has 1 amide bonds. The molecule has 116 valence electrons. The van der Waals surface area contributed by atoms with Crippen molar-refractivity contribution in [2.45, 2.75) is 18.9 Å². The first-order chi connectivity index (χ1) is 10.6. The summed E-state index contributed by atoms with van der Waals surface area (Å²) in [4.78, 5) is 36.0. The number of rotatable bonds is 4. The van der Waals surface area contributed by atoms with Crippen LogP contribution in [0.4, 0.5) is 5.82 Å². The average Bonchev–Trinajstić information content (AvgIpc) is 3.14. The third-order valence-electron chi connectivity index (χ3n) is 3.80. The highest BCUT2D eigenvalue weighted by Gasteiger charge is 2.34. The number of hydrogen-bond acceptors (Lipinski definition) is 6. The second kappa shape index (κ2) is 5.88. The summed E-state index contributed by atoms with van der Waals surface area (Å²) in [6.07, 6.45) is 3.10. The molecule has 22 heavy (non-hydrogen) atoms. The third kappa shape index (κ3) is 2.61. The molecule has 7 nitrogen and oxygen atoms in total. The van der Waals surface area contributed by atoms with Gasteiger partial charge in [0.25, 0.3) is 0 Å². The molecule has 1 N–H and O–H groups in total. The molecule has 0 spiro atoms. The van der Waals surface area contributed by atoms with E-state index in [1.54, 1.807) is 0 Å². The Labute approximate surface area is 131 Å². The topological polar surface area (TPSA) is 86.6 Å². The second-order valence-electron chi connectivity index (χ2n) is 5.28. The average molecular weight is 320 g/mol. The van der Waals surface area contributed by atoms with Crippen LogP contribution in [0.3, 0.4) is 0 Å². The van der Waals surface area contributed by atoms with Crippen molar-refractivity contribution in [3.05, 3.63) is 17.8 Å². The van der Waals surface area contributed by atoms with E-state index in [-0.39, 0.29) is 18.5 Å². The highest BCUT2D eigenvalue weighted by atomic mass is 32.1. The number of hydrogen-bond donors (Lipinski definition) is 1. The number of carboxylic acids is 1. The zero-order chi connectivity index (χ0) is 15.7. The molecule has 8 heteroatoms. The van der Waals surface area contributed by atoms with Crippen molar-refractivity contribution in [1.29, 1.82) is 0 Å². The molecule has 0 radical (unpaired) electrons. The van der Waals surface area contributed by atoms with Crippen LogP contribution in [0.25, 0.3) is 10.2 Å². The molecule has 1 aliphatic rings. The Morgan fingerprint density at radius 3 is 3.09 bits per heavy atom. The maximum Gasteiger partial charge on any atom is 0.323 e. The maximum absolute atomic E-state index is 12.5. The summed E-state index contributed by atoms with van der Waals surface area (Å²) in [7, 11) is 1.52. The zero-order valence-corrected chi connectivity index (χ0v) is 12.9. The molecule has 3 heterocycles. The molecule has 3 rings (SSSR count). The van der Waals surface area contributed by atoms with Crippen molar-refractivity contribution in [1.82, 2.24) is 14.9 Å². The lowest BCUT2D eigenvalue weighted by Gasteiger charge is -2.28. The molecule has 1 fully saturated rings. The van der Waals surface area contributed by atoms with E-state index in [4.69, 9.17) is 5.11 Å². The van der Waals surface area contributed by atoms with Gasteiger partial charge in [-0.05, 0) is 24.3 Å². The van der Waals surface area contributed by atoms with Crippen LogP contribution < -0.4 is 4.90 Å². The van der Waals surface area contributed by atoms with Crippen LogP contribution in [0.5, 0.6) is 0 Å². The fourth-order valence-electron chi connectivity index (χ4n) is 2.82. The fraction of sp³-hybridized carbons (Fsp3) is 0.429. The van der Waals surface area contributed by atoms with Crippen LogP contribution in [-0.2, 0) is 9.59 Å². The monoisotopic (exact) mass is 320 g/mol. The zero-order valence-electron chi connectivity index (χ0n) is 12.1. The summed E-state index contributed by atoms with van der Waals surface area (Å²) in [6, 6.07) is 1.60. The van der Waals surface area contributed by atoms with E-state index >= 15 is 0 Å². The van der Waals surface area contributed by atoms with Crippen molar-refractivity contribution in [3.8, 4) is 0 Å². The van der Waals surface area contributed by atoms with E-state index in [2.05, 4.69) is 9.97 Å². The quantitative estimate of drug-likeness (QED) is 0.911. The summed E-state index contributed by atoms with van der Waals surface area (Å²) < 4.78 is 0. The van der Waals surface area contributed by atoms with Gasteiger partial charge in [0.1, 0.15) is 29.6 Å².